The summed E-state index contributed by atoms with van der Waals surface area (Å²) in [6.45, 7) is 3.72. The fourth-order valence-electron chi connectivity index (χ4n) is 1.98. The van der Waals surface area contributed by atoms with E-state index >= 15 is 0 Å². The molecule has 0 aliphatic carbocycles. The van der Waals surface area contributed by atoms with E-state index in [1.807, 2.05) is 0 Å². The molecule has 1 fully saturated rings. The Labute approximate surface area is 94.8 Å². The van der Waals surface area contributed by atoms with Crippen molar-refractivity contribution in [3.63, 3.8) is 0 Å². The molecule has 0 saturated carbocycles. The number of hydrogen-bond acceptors (Lipinski definition) is 3. The second-order valence-corrected chi connectivity index (χ2v) is 4.24. The van der Waals surface area contributed by atoms with E-state index in [0.29, 0.717) is 11.6 Å². The summed E-state index contributed by atoms with van der Waals surface area (Å²) < 4.78 is 18.3. The molecule has 0 aromatic heterocycles. The summed E-state index contributed by atoms with van der Waals surface area (Å²) in [5, 5.41) is 3.24. The summed E-state index contributed by atoms with van der Waals surface area (Å²) in [4.78, 5) is 0. The van der Waals surface area contributed by atoms with Gasteiger partial charge in [-0.15, -0.1) is 0 Å². The van der Waals surface area contributed by atoms with Gasteiger partial charge in [-0.05, 0) is 31.5 Å². The van der Waals surface area contributed by atoms with Gasteiger partial charge in [-0.25, -0.2) is 4.39 Å². The molecule has 0 spiro atoms. The van der Waals surface area contributed by atoms with E-state index < -0.39 is 0 Å². The maximum atomic E-state index is 12.8. The van der Waals surface area contributed by atoms with Crippen LogP contribution in [0.25, 0.3) is 0 Å². The lowest BCUT2D eigenvalue weighted by atomic mass is 10.0. The van der Waals surface area contributed by atoms with Crippen LogP contribution in [0.1, 0.15) is 13.3 Å². The maximum Gasteiger partial charge on any atom is 0.125 e. The van der Waals surface area contributed by atoms with Crippen LogP contribution in [0.2, 0.25) is 0 Å². The smallest absolute Gasteiger partial charge is 0.125 e. The zero-order valence-corrected chi connectivity index (χ0v) is 9.37. The second kappa shape index (κ2) is 4.70. The number of nitrogen functional groups attached to an aromatic ring is 1. The highest BCUT2D eigenvalue weighted by Crippen LogP contribution is 2.23. The van der Waals surface area contributed by atoms with Crippen molar-refractivity contribution in [3.8, 4) is 0 Å². The van der Waals surface area contributed by atoms with Crippen molar-refractivity contribution in [3.05, 3.63) is 24.0 Å². The van der Waals surface area contributed by atoms with E-state index in [-0.39, 0.29) is 11.9 Å². The first kappa shape index (κ1) is 11.2. The van der Waals surface area contributed by atoms with Crippen LogP contribution in [-0.4, -0.2) is 19.3 Å². The standard InChI is InChI=1S/C12H17FN2O/c1-8-9(4-5-16-8)7-15-12-3-2-10(13)6-11(12)14/h2-3,6,8-9,15H,4-5,7,14H2,1H3. The van der Waals surface area contributed by atoms with Crippen molar-refractivity contribution >= 4 is 11.4 Å². The highest BCUT2D eigenvalue weighted by atomic mass is 19.1. The van der Waals surface area contributed by atoms with Crippen molar-refractivity contribution in [1.82, 2.24) is 0 Å². The van der Waals surface area contributed by atoms with Gasteiger partial charge in [0.2, 0.25) is 0 Å². The van der Waals surface area contributed by atoms with Crippen molar-refractivity contribution in [2.75, 3.05) is 24.2 Å². The molecule has 1 aromatic rings. The predicted octanol–water partition coefficient (Wildman–Crippen LogP) is 2.24. The van der Waals surface area contributed by atoms with Crippen LogP contribution in [0, 0.1) is 11.7 Å². The largest absolute Gasteiger partial charge is 0.397 e. The van der Waals surface area contributed by atoms with Crippen LogP contribution in [-0.2, 0) is 4.74 Å². The molecule has 0 amide bonds. The highest BCUT2D eigenvalue weighted by Gasteiger charge is 2.23. The lowest BCUT2D eigenvalue weighted by Gasteiger charge is -2.16. The summed E-state index contributed by atoms with van der Waals surface area (Å²) >= 11 is 0. The molecular formula is C12H17FN2O. The quantitative estimate of drug-likeness (QED) is 0.774. The van der Waals surface area contributed by atoms with Gasteiger partial charge in [-0.1, -0.05) is 0 Å². The summed E-state index contributed by atoms with van der Waals surface area (Å²) in [6, 6.07) is 4.41. The average Bonchev–Trinajstić information content (AvgIpc) is 2.63. The molecule has 2 atom stereocenters. The molecule has 2 unspecified atom stereocenters. The van der Waals surface area contributed by atoms with Crippen LogP contribution in [0.5, 0.6) is 0 Å². The Kier molecular flexibility index (Phi) is 3.29. The molecule has 4 heteroatoms. The number of anilines is 2. The molecule has 88 valence electrons. The maximum absolute atomic E-state index is 12.8. The Morgan fingerprint density at radius 2 is 2.38 bits per heavy atom. The number of rotatable bonds is 3. The first-order valence-electron chi connectivity index (χ1n) is 5.57. The predicted molar refractivity (Wildman–Crippen MR) is 62.8 cm³/mol. The lowest BCUT2D eigenvalue weighted by molar-refractivity contribution is 0.108. The first-order chi connectivity index (χ1) is 7.66. The van der Waals surface area contributed by atoms with Gasteiger partial charge in [-0.3, -0.25) is 0 Å². The Hall–Kier alpha value is -1.29. The summed E-state index contributed by atoms with van der Waals surface area (Å²) in [7, 11) is 0. The van der Waals surface area contributed by atoms with Crippen LogP contribution in [0.4, 0.5) is 15.8 Å². The second-order valence-electron chi connectivity index (χ2n) is 4.24. The van der Waals surface area contributed by atoms with E-state index in [9.17, 15) is 4.39 Å². The van der Waals surface area contributed by atoms with Crippen molar-refractivity contribution in [2.24, 2.45) is 5.92 Å². The van der Waals surface area contributed by atoms with Crippen molar-refractivity contribution < 1.29 is 9.13 Å². The number of ether oxygens (including phenoxy) is 1. The number of nitrogens with one attached hydrogen (secondary N) is 1. The number of halogens is 1. The Morgan fingerprint density at radius 1 is 1.56 bits per heavy atom. The van der Waals surface area contributed by atoms with Gasteiger partial charge >= 0.3 is 0 Å². The van der Waals surface area contributed by atoms with Crippen LogP contribution in [0.15, 0.2) is 18.2 Å². The molecule has 16 heavy (non-hydrogen) atoms. The molecule has 1 aromatic carbocycles. The van der Waals surface area contributed by atoms with Gasteiger partial charge in [0.25, 0.3) is 0 Å². The molecule has 1 aliphatic rings. The van der Waals surface area contributed by atoms with Crippen LogP contribution < -0.4 is 11.1 Å². The van der Waals surface area contributed by atoms with E-state index in [0.717, 1.165) is 25.3 Å². The summed E-state index contributed by atoms with van der Waals surface area (Å²) in [5.74, 6) is 0.199. The van der Waals surface area contributed by atoms with Crippen molar-refractivity contribution in [2.45, 2.75) is 19.4 Å². The monoisotopic (exact) mass is 224 g/mol. The first-order valence-corrected chi connectivity index (χ1v) is 5.57. The van der Waals surface area contributed by atoms with Gasteiger partial charge in [-0.2, -0.15) is 0 Å². The highest BCUT2D eigenvalue weighted by molar-refractivity contribution is 5.65. The van der Waals surface area contributed by atoms with Gasteiger partial charge in [0.1, 0.15) is 5.82 Å². The van der Waals surface area contributed by atoms with E-state index in [2.05, 4.69) is 12.2 Å². The molecule has 3 N–H and O–H groups in total. The van der Waals surface area contributed by atoms with Crippen LogP contribution in [0.3, 0.4) is 0 Å². The van der Waals surface area contributed by atoms with Gasteiger partial charge in [0, 0.05) is 19.1 Å². The molecule has 1 aliphatic heterocycles. The minimum atomic E-state index is -0.305. The normalized spacial score (nSPS) is 24.6. The zero-order valence-electron chi connectivity index (χ0n) is 9.37. The van der Waals surface area contributed by atoms with Crippen molar-refractivity contribution in [1.29, 1.82) is 0 Å². The van der Waals surface area contributed by atoms with E-state index in [1.54, 1.807) is 6.07 Å². The third-order valence-corrected chi connectivity index (χ3v) is 3.10. The topological polar surface area (TPSA) is 47.3 Å². The number of hydrogen-bond donors (Lipinski definition) is 2. The van der Waals surface area contributed by atoms with Gasteiger partial charge < -0.3 is 15.8 Å². The molecule has 3 nitrogen and oxygen atoms in total. The Morgan fingerprint density at radius 3 is 3.00 bits per heavy atom. The third kappa shape index (κ3) is 2.44. The third-order valence-electron chi connectivity index (χ3n) is 3.10. The lowest BCUT2D eigenvalue weighted by Crippen LogP contribution is -2.21. The fourth-order valence-corrected chi connectivity index (χ4v) is 1.98. The minimum Gasteiger partial charge on any atom is -0.397 e. The SMILES string of the molecule is CC1OCCC1CNc1ccc(F)cc1N. The summed E-state index contributed by atoms with van der Waals surface area (Å²) in [5.41, 5.74) is 6.95. The van der Waals surface area contributed by atoms with Crippen LogP contribution >= 0.6 is 0 Å². The zero-order chi connectivity index (χ0) is 11.5. The molecular weight excluding hydrogens is 207 g/mol. The van der Waals surface area contributed by atoms with Gasteiger partial charge in [0.15, 0.2) is 0 Å². The van der Waals surface area contributed by atoms with E-state index in [1.165, 1.54) is 12.1 Å². The molecule has 1 saturated heterocycles. The molecule has 1 heterocycles. The fraction of sp³-hybridized carbons (Fsp3) is 0.500. The summed E-state index contributed by atoms with van der Waals surface area (Å²) in [6.07, 6.45) is 1.35. The molecule has 0 bridgehead atoms. The number of nitrogens with two attached hydrogens (primary N) is 1. The minimum absolute atomic E-state index is 0.286. The number of benzene rings is 1. The van der Waals surface area contributed by atoms with E-state index in [4.69, 9.17) is 10.5 Å². The Balaban J connectivity index is 1.94. The molecule has 0 radical (unpaired) electrons. The Bertz CT molecular complexity index is 370. The van der Waals surface area contributed by atoms with Gasteiger partial charge in [0.05, 0.1) is 17.5 Å². The molecule has 2 rings (SSSR count). The average molecular weight is 224 g/mol.